The smallest absolute Gasteiger partial charge is 0.123 e. The zero-order valence-electron chi connectivity index (χ0n) is 12.9. The first-order valence-electron chi connectivity index (χ1n) is 7.41. The summed E-state index contributed by atoms with van der Waals surface area (Å²) in [5.74, 6) is 1.07. The van der Waals surface area contributed by atoms with Gasteiger partial charge in [-0.1, -0.05) is 39.8 Å². The van der Waals surface area contributed by atoms with E-state index in [1.54, 1.807) is 12.1 Å². The van der Waals surface area contributed by atoms with Crippen molar-refractivity contribution in [3.63, 3.8) is 0 Å². The molecule has 108 valence electrons. The van der Waals surface area contributed by atoms with Crippen LogP contribution in [0.5, 0.6) is 0 Å². The van der Waals surface area contributed by atoms with Crippen molar-refractivity contribution >= 4 is 0 Å². The fourth-order valence-electron chi connectivity index (χ4n) is 2.32. The van der Waals surface area contributed by atoms with Crippen molar-refractivity contribution in [3.05, 3.63) is 35.6 Å². The van der Waals surface area contributed by atoms with Crippen molar-refractivity contribution in [3.8, 4) is 0 Å². The summed E-state index contributed by atoms with van der Waals surface area (Å²) in [6, 6.07) is 7.66. The lowest BCUT2D eigenvalue weighted by Crippen LogP contribution is -2.33. The molecule has 2 heteroatoms. The molecule has 1 aromatic rings. The first kappa shape index (κ1) is 16.2. The maximum atomic E-state index is 13.0. The van der Waals surface area contributed by atoms with Gasteiger partial charge in [-0.25, -0.2) is 4.39 Å². The van der Waals surface area contributed by atoms with Gasteiger partial charge in [0.15, 0.2) is 0 Å². The average molecular weight is 265 g/mol. The summed E-state index contributed by atoms with van der Waals surface area (Å²) in [7, 11) is 0. The second-order valence-electron chi connectivity index (χ2n) is 6.31. The third kappa shape index (κ3) is 5.73. The number of benzene rings is 1. The molecule has 0 saturated heterocycles. The normalized spacial score (nSPS) is 14.9. The first-order valence-corrected chi connectivity index (χ1v) is 7.41. The fourth-order valence-corrected chi connectivity index (χ4v) is 2.32. The van der Waals surface area contributed by atoms with Crippen LogP contribution in [0.15, 0.2) is 24.3 Å². The van der Waals surface area contributed by atoms with E-state index in [0.29, 0.717) is 18.0 Å². The number of hydrogen-bond acceptors (Lipinski definition) is 1. The van der Waals surface area contributed by atoms with Crippen LogP contribution in [0.4, 0.5) is 4.39 Å². The number of rotatable bonds is 7. The van der Waals surface area contributed by atoms with Crippen molar-refractivity contribution in [2.24, 2.45) is 11.8 Å². The van der Waals surface area contributed by atoms with Crippen molar-refractivity contribution < 1.29 is 4.39 Å². The second kappa shape index (κ2) is 7.64. The van der Waals surface area contributed by atoms with E-state index in [-0.39, 0.29) is 5.82 Å². The van der Waals surface area contributed by atoms with E-state index in [0.717, 1.165) is 5.92 Å². The van der Waals surface area contributed by atoms with E-state index < -0.39 is 0 Å². The molecule has 0 aliphatic carbocycles. The highest BCUT2D eigenvalue weighted by molar-refractivity contribution is 5.20. The SMILES string of the molecule is CC(C)CCC(C)NC(c1ccc(F)cc1)C(C)C. The summed E-state index contributed by atoms with van der Waals surface area (Å²) in [6.45, 7) is 11.2. The molecule has 0 spiro atoms. The number of hydrogen-bond donors (Lipinski definition) is 1. The molecule has 0 aliphatic rings. The van der Waals surface area contributed by atoms with Crippen molar-refractivity contribution in [2.75, 3.05) is 0 Å². The molecule has 2 unspecified atom stereocenters. The van der Waals surface area contributed by atoms with Crippen LogP contribution in [0.3, 0.4) is 0 Å². The van der Waals surface area contributed by atoms with Crippen molar-refractivity contribution in [2.45, 2.75) is 59.5 Å². The standard InChI is InChI=1S/C17H28FN/c1-12(2)6-7-14(5)19-17(13(3)4)15-8-10-16(18)11-9-15/h8-14,17,19H,6-7H2,1-5H3. The lowest BCUT2D eigenvalue weighted by Gasteiger charge is -2.27. The van der Waals surface area contributed by atoms with Gasteiger partial charge in [0, 0.05) is 12.1 Å². The fraction of sp³-hybridized carbons (Fsp3) is 0.647. The van der Waals surface area contributed by atoms with Gasteiger partial charge in [0.05, 0.1) is 0 Å². The highest BCUT2D eigenvalue weighted by Gasteiger charge is 2.18. The zero-order chi connectivity index (χ0) is 14.4. The molecule has 2 atom stereocenters. The number of nitrogens with one attached hydrogen (secondary N) is 1. The van der Waals surface area contributed by atoms with Crippen LogP contribution in [0.1, 0.15) is 59.1 Å². The van der Waals surface area contributed by atoms with E-state index >= 15 is 0 Å². The highest BCUT2D eigenvalue weighted by Crippen LogP contribution is 2.23. The van der Waals surface area contributed by atoms with Gasteiger partial charge in [-0.2, -0.15) is 0 Å². The summed E-state index contributed by atoms with van der Waals surface area (Å²) in [5, 5.41) is 3.69. The quantitative estimate of drug-likeness (QED) is 0.736. The Morgan fingerprint density at radius 1 is 0.947 bits per heavy atom. The summed E-state index contributed by atoms with van der Waals surface area (Å²) >= 11 is 0. The van der Waals surface area contributed by atoms with Gasteiger partial charge in [0.25, 0.3) is 0 Å². The van der Waals surface area contributed by atoms with E-state index in [9.17, 15) is 4.39 Å². The molecule has 0 aliphatic heterocycles. The Labute approximate surface area is 117 Å². The largest absolute Gasteiger partial charge is 0.307 e. The zero-order valence-corrected chi connectivity index (χ0v) is 12.9. The number of halogens is 1. The molecule has 0 saturated carbocycles. The minimum absolute atomic E-state index is 0.167. The van der Waals surface area contributed by atoms with Gasteiger partial charge in [-0.15, -0.1) is 0 Å². The molecule has 19 heavy (non-hydrogen) atoms. The van der Waals surface area contributed by atoms with Crippen LogP contribution >= 0.6 is 0 Å². The van der Waals surface area contributed by atoms with Crippen LogP contribution in [0, 0.1) is 17.7 Å². The Bertz CT molecular complexity index is 356. The second-order valence-corrected chi connectivity index (χ2v) is 6.31. The van der Waals surface area contributed by atoms with Crippen LogP contribution in [0.25, 0.3) is 0 Å². The highest BCUT2D eigenvalue weighted by atomic mass is 19.1. The Morgan fingerprint density at radius 3 is 2.00 bits per heavy atom. The molecule has 1 rings (SSSR count). The van der Waals surface area contributed by atoms with Gasteiger partial charge in [0.1, 0.15) is 5.82 Å². The van der Waals surface area contributed by atoms with E-state index in [2.05, 4.69) is 39.9 Å². The Morgan fingerprint density at radius 2 is 1.53 bits per heavy atom. The van der Waals surface area contributed by atoms with E-state index in [4.69, 9.17) is 0 Å². The van der Waals surface area contributed by atoms with Gasteiger partial charge < -0.3 is 5.32 Å². The van der Waals surface area contributed by atoms with Gasteiger partial charge in [-0.05, 0) is 49.3 Å². The Kier molecular flexibility index (Phi) is 6.50. The van der Waals surface area contributed by atoms with Gasteiger partial charge in [0.2, 0.25) is 0 Å². The maximum absolute atomic E-state index is 13.0. The monoisotopic (exact) mass is 265 g/mol. The molecule has 1 aromatic carbocycles. The van der Waals surface area contributed by atoms with Crippen LogP contribution in [-0.2, 0) is 0 Å². The molecule has 1 nitrogen and oxygen atoms in total. The van der Waals surface area contributed by atoms with E-state index in [1.807, 2.05) is 12.1 Å². The molecule has 0 bridgehead atoms. The third-order valence-corrected chi connectivity index (χ3v) is 3.54. The maximum Gasteiger partial charge on any atom is 0.123 e. The molecule has 0 fully saturated rings. The van der Waals surface area contributed by atoms with Gasteiger partial charge in [-0.3, -0.25) is 0 Å². The molecule has 0 radical (unpaired) electrons. The minimum Gasteiger partial charge on any atom is -0.307 e. The molecule has 0 amide bonds. The Balaban J connectivity index is 2.65. The third-order valence-electron chi connectivity index (χ3n) is 3.54. The topological polar surface area (TPSA) is 12.0 Å². The van der Waals surface area contributed by atoms with E-state index in [1.165, 1.54) is 18.4 Å². The van der Waals surface area contributed by atoms with Gasteiger partial charge >= 0.3 is 0 Å². The molecule has 0 heterocycles. The molecular formula is C17H28FN. The Hall–Kier alpha value is -0.890. The molecular weight excluding hydrogens is 237 g/mol. The average Bonchev–Trinajstić information content (AvgIpc) is 2.34. The van der Waals surface area contributed by atoms with Crippen LogP contribution < -0.4 is 5.32 Å². The van der Waals surface area contributed by atoms with Crippen LogP contribution in [-0.4, -0.2) is 6.04 Å². The molecule has 0 aromatic heterocycles. The van der Waals surface area contributed by atoms with Crippen LogP contribution in [0.2, 0.25) is 0 Å². The summed E-state index contributed by atoms with van der Waals surface area (Å²) in [5.41, 5.74) is 1.17. The predicted molar refractivity (Wildman–Crippen MR) is 80.6 cm³/mol. The summed E-state index contributed by atoms with van der Waals surface area (Å²) in [4.78, 5) is 0. The lowest BCUT2D eigenvalue weighted by atomic mass is 9.94. The first-order chi connectivity index (χ1) is 8.90. The van der Waals surface area contributed by atoms with Crippen molar-refractivity contribution in [1.29, 1.82) is 0 Å². The molecule has 1 N–H and O–H groups in total. The minimum atomic E-state index is -0.167. The summed E-state index contributed by atoms with van der Waals surface area (Å²) < 4.78 is 13.0. The predicted octanol–water partition coefficient (Wildman–Crippen LogP) is 4.94. The summed E-state index contributed by atoms with van der Waals surface area (Å²) in [6.07, 6.45) is 2.42. The van der Waals surface area contributed by atoms with Crippen molar-refractivity contribution in [1.82, 2.24) is 5.32 Å². The lowest BCUT2D eigenvalue weighted by molar-refractivity contribution is 0.346.